The van der Waals surface area contributed by atoms with E-state index in [1.165, 1.54) is 19.4 Å². The van der Waals surface area contributed by atoms with E-state index < -0.39 is 24.5 Å². The summed E-state index contributed by atoms with van der Waals surface area (Å²) in [4.78, 5) is 40.3. The number of methoxy groups -OCH3 is 1. The Hall–Kier alpha value is -4.01. The molecule has 0 aliphatic rings. The average Bonchev–Trinajstić information content (AvgIpc) is 3.11. The number of hydrogen-bond donors (Lipinski definition) is 1. The number of ether oxygens (including phenoxy) is 2. The summed E-state index contributed by atoms with van der Waals surface area (Å²) in [5, 5.41) is 6.96. The van der Waals surface area contributed by atoms with Gasteiger partial charge in [-0.2, -0.15) is 5.10 Å². The molecule has 9 nitrogen and oxygen atoms in total. The highest BCUT2D eigenvalue weighted by atomic mass is 16.5. The van der Waals surface area contributed by atoms with Gasteiger partial charge in [-0.15, -0.1) is 0 Å². The largest absolute Gasteiger partial charge is 0.465 e. The number of carbonyl (C=O) groups is 3. The summed E-state index contributed by atoms with van der Waals surface area (Å²) in [6.45, 7) is 5.08. The second kappa shape index (κ2) is 9.21. The fourth-order valence-corrected chi connectivity index (χ4v) is 2.90. The molecule has 0 radical (unpaired) electrons. The molecule has 0 spiro atoms. The van der Waals surface area contributed by atoms with Crippen LogP contribution in [0.3, 0.4) is 0 Å². The summed E-state index contributed by atoms with van der Waals surface area (Å²) < 4.78 is 11.4. The van der Waals surface area contributed by atoms with E-state index in [1.807, 2.05) is 19.9 Å². The van der Waals surface area contributed by atoms with E-state index in [2.05, 4.69) is 20.1 Å². The third-order valence-electron chi connectivity index (χ3n) is 4.48. The molecular weight excluding hydrogens is 400 g/mol. The molecule has 0 saturated heterocycles. The van der Waals surface area contributed by atoms with Gasteiger partial charge in [0.1, 0.15) is 0 Å². The third-order valence-corrected chi connectivity index (χ3v) is 4.48. The van der Waals surface area contributed by atoms with Crippen molar-refractivity contribution in [2.45, 2.75) is 20.8 Å². The van der Waals surface area contributed by atoms with Gasteiger partial charge < -0.3 is 14.8 Å². The van der Waals surface area contributed by atoms with Crippen LogP contribution in [0.25, 0.3) is 5.82 Å². The maximum Gasteiger partial charge on any atom is 0.340 e. The van der Waals surface area contributed by atoms with Crippen molar-refractivity contribution in [1.29, 1.82) is 0 Å². The fraction of sp³-hybridized carbons (Fsp3) is 0.227. The number of anilines is 1. The SMILES string of the molecule is COC(=O)c1ccc(C)c(NC(=O)COC(=O)c2ccc(-n3nc(C)cc3C)nc2)c1. The highest BCUT2D eigenvalue weighted by Crippen LogP contribution is 2.18. The van der Waals surface area contributed by atoms with Crippen molar-refractivity contribution >= 4 is 23.5 Å². The van der Waals surface area contributed by atoms with Crippen LogP contribution in [-0.4, -0.2) is 46.3 Å². The van der Waals surface area contributed by atoms with E-state index in [9.17, 15) is 14.4 Å². The van der Waals surface area contributed by atoms with Crippen LogP contribution < -0.4 is 5.32 Å². The van der Waals surface area contributed by atoms with Crippen molar-refractivity contribution in [3.05, 3.63) is 70.7 Å². The van der Waals surface area contributed by atoms with Crippen LogP contribution in [-0.2, 0) is 14.3 Å². The summed E-state index contributed by atoms with van der Waals surface area (Å²) in [5.41, 5.74) is 3.47. The van der Waals surface area contributed by atoms with Crippen molar-refractivity contribution in [2.75, 3.05) is 19.0 Å². The zero-order valence-electron chi connectivity index (χ0n) is 17.6. The molecule has 2 aromatic heterocycles. The first-order valence-corrected chi connectivity index (χ1v) is 9.44. The number of esters is 2. The van der Waals surface area contributed by atoms with E-state index in [4.69, 9.17) is 4.74 Å². The number of nitrogens with one attached hydrogen (secondary N) is 1. The van der Waals surface area contributed by atoms with Gasteiger partial charge in [0.25, 0.3) is 5.91 Å². The molecule has 3 rings (SSSR count). The lowest BCUT2D eigenvalue weighted by atomic mass is 10.1. The minimum absolute atomic E-state index is 0.210. The molecule has 0 aliphatic carbocycles. The Morgan fingerprint density at radius 3 is 2.35 bits per heavy atom. The molecule has 31 heavy (non-hydrogen) atoms. The monoisotopic (exact) mass is 422 g/mol. The Bertz CT molecular complexity index is 1140. The molecule has 1 amide bonds. The third kappa shape index (κ3) is 5.13. The number of aromatic nitrogens is 3. The van der Waals surface area contributed by atoms with Crippen molar-refractivity contribution in [1.82, 2.24) is 14.8 Å². The quantitative estimate of drug-likeness (QED) is 0.608. The number of carbonyl (C=O) groups excluding carboxylic acids is 3. The molecule has 0 aliphatic heterocycles. The van der Waals surface area contributed by atoms with Crippen molar-refractivity contribution in [3.63, 3.8) is 0 Å². The maximum atomic E-state index is 12.2. The van der Waals surface area contributed by atoms with Gasteiger partial charge in [-0.1, -0.05) is 6.07 Å². The predicted octanol–water partition coefficient (Wildman–Crippen LogP) is 2.77. The van der Waals surface area contributed by atoms with Gasteiger partial charge in [-0.3, -0.25) is 4.79 Å². The topological polar surface area (TPSA) is 112 Å². The molecule has 9 heteroatoms. The molecule has 0 bridgehead atoms. The van der Waals surface area contributed by atoms with E-state index in [0.29, 0.717) is 17.1 Å². The molecule has 1 N–H and O–H groups in total. The second-order valence-electron chi connectivity index (χ2n) is 6.89. The molecule has 160 valence electrons. The highest BCUT2D eigenvalue weighted by Gasteiger charge is 2.14. The smallest absolute Gasteiger partial charge is 0.340 e. The highest BCUT2D eigenvalue weighted by molar-refractivity contribution is 5.97. The molecule has 1 aromatic carbocycles. The first-order valence-electron chi connectivity index (χ1n) is 9.44. The van der Waals surface area contributed by atoms with Gasteiger partial charge >= 0.3 is 11.9 Å². The molecule has 2 heterocycles. The number of benzene rings is 1. The summed E-state index contributed by atoms with van der Waals surface area (Å²) >= 11 is 0. The van der Waals surface area contributed by atoms with E-state index >= 15 is 0 Å². The number of pyridine rings is 1. The average molecular weight is 422 g/mol. The number of rotatable bonds is 6. The lowest BCUT2D eigenvalue weighted by Gasteiger charge is -2.10. The normalized spacial score (nSPS) is 10.5. The summed E-state index contributed by atoms with van der Waals surface area (Å²) in [6.07, 6.45) is 1.37. The van der Waals surface area contributed by atoms with Crippen LogP contribution in [0.15, 0.2) is 42.6 Å². The first-order chi connectivity index (χ1) is 14.8. The van der Waals surface area contributed by atoms with Gasteiger partial charge in [-0.05, 0) is 56.7 Å². The molecule has 0 fully saturated rings. The zero-order chi connectivity index (χ0) is 22.5. The first kappa shape index (κ1) is 21.7. The fourth-order valence-electron chi connectivity index (χ4n) is 2.90. The summed E-state index contributed by atoms with van der Waals surface area (Å²) in [7, 11) is 1.28. The molecule has 3 aromatic rings. The molecule has 0 saturated carbocycles. The number of hydrogen-bond acceptors (Lipinski definition) is 7. The Kier molecular flexibility index (Phi) is 6.44. The minimum atomic E-state index is -0.678. The summed E-state index contributed by atoms with van der Waals surface area (Å²) in [6, 6.07) is 9.91. The Morgan fingerprint density at radius 2 is 1.74 bits per heavy atom. The lowest BCUT2D eigenvalue weighted by Crippen LogP contribution is -2.21. The number of amides is 1. The van der Waals surface area contributed by atoms with Crippen LogP contribution >= 0.6 is 0 Å². The molecule has 0 atom stereocenters. The standard InChI is InChI=1S/C22H22N4O5/c1-13-5-6-16(21(28)30-4)10-18(13)24-20(27)12-31-22(29)17-7-8-19(23-11-17)26-15(3)9-14(2)25-26/h5-11H,12H2,1-4H3,(H,24,27). The second-order valence-corrected chi connectivity index (χ2v) is 6.89. The van der Waals surface area contributed by atoms with Crippen LogP contribution in [0, 0.1) is 20.8 Å². The van der Waals surface area contributed by atoms with Gasteiger partial charge in [0.2, 0.25) is 0 Å². The van der Waals surface area contributed by atoms with Crippen LogP contribution in [0.4, 0.5) is 5.69 Å². The molecule has 0 unspecified atom stereocenters. The van der Waals surface area contributed by atoms with E-state index in [1.54, 1.807) is 35.9 Å². The van der Waals surface area contributed by atoms with Gasteiger partial charge in [0.15, 0.2) is 12.4 Å². The minimum Gasteiger partial charge on any atom is -0.465 e. The Balaban J connectivity index is 1.60. The van der Waals surface area contributed by atoms with Crippen LogP contribution in [0.5, 0.6) is 0 Å². The van der Waals surface area contributed by atoms with E-state index in [-0.39, 0.29) is 5.56 Å². The predicted molar refractivity (Wildman–Crippen MR) is 112 cm³/mol. The van der Waals surface area contributed by atoms with Gasteiger partial charge in [-0.25, -0.2) is 19.3 Å². The van der Waals surface area contributed by atoms with Crippen LogP contribution in [0.2, 0.25) is 0 Å². The number of aryl methyl sites for hydroxylation is 3. The number of nitrogens with zero attached hydrogens (tertiary/aromatic N) is 3. The Morgan fingerprint density at radius 1 is 1.00 bits per heavy atom. The molecular formula is C22H22N4O5. The zero-order valence-corrected chi connectivity index (χ0v) is 17.6. The summed E-state index contributed by atoms with van der Waals surface area (Å²) in [5.74, 6) is -1.16. The van der Waals surface area contributed by atoms with Crippen molar-refractivity contribution in [2.24, 2.45) is 0 Å². The lowest BCUT2D eigenvalue weighted by molar-refractivity contribution is -0.119. The van der Waals surface area contributed by atoms with E-state index in [0.717, 1.165) is 17.0 Å². The van der Waals surface area contributed by atoms with Gasteiger partial charge in [0.05, 0.1) is 23.9 Å². The van der Waals surface area contributed by atoms with Crippen LogP contribution in [0.1, 0.15) is 37.7 Å². The van der Waals surface area contributed by atoms with Gasteiger partial charge in [0, 0.05) is 17.6 Å². The Labute approximate surface area is 179 Å². The maximum absolute atomic E-state index is 12.2. The van der Waals surface area contributed by atoms with Crippen molar-refractivity contribution < 1.29 is 23.9 Å². The van der Waals surface area contributed by atoms with Crippen molar-refractivity contribution in [3.8, 4) is 5.82 Å².